The third-order valence-corrected chi connectivity index (χ3v) is 6.60. The minimum absolute atomic E-state index is 0.375. The number of benzene rings is 1. The first-order valence-corrected chi connectivity index (χ1v) is 9.92. The van der Waals surface area contributed by atoms with Gasteiger partial charge in [-0.3, -0.25) is 0 Å². The van der Waals surface area contributed by atoms with Crippen LogP contribution in [0.4, 0.5) is 5.82 Å². The lowest BCUT2D eigenvalue weighted by Gasteiger charge is -2.25. The van der Waals surface area contributed by atoms with Gasteiger partial charge in [-0.1, -0.05) is 12.1 Å². The van der Waals surface area contributed by atoms with Gasteiger partial charge in [0.25, 0.3) is 0 Å². The summed E-state index contributed by atoms with van der Waals surface area (Å²) in [7, 11) is 1.04. The maximum Gasteiger partial charge on any atom is 0.149 e. The van der Waals surface area contributed by atoms with Crippen molar-refractivity contribution in [2.45, 2.75) is 24.3 Å². The zero-order valence-corrected chi connectivity index (χ0v) is 15.1. The Labute approximate surface area is 146 Å². The number of rotatable bonds is 3. The smallest absolute Gasteiger partial charge is 0.149 e. The van der Waals surface area contributed by atoms with E-state index in [0.29, 0.717) is 23.0 Å². The monoisotopic (exact) mass is 356 g/mol. The SMILES string of the molecule is CN(Cc1nc2ccccc2n1C)c1ncnc2c1S(=N)(=O)CCC2. The molecule has 1 atom stereocenters. The third-order valence-electron chi connectivity index (χ3n) is 4.65. The fourth-order valence-corrected chi connectivity index (χ4v) is 5.15. The number of aromatic nitrogens is 4. The molecular formula is C17H20N6OS. The molecule has 0 spiro atoms. The predicted octanol–water partition coefficient (Wildman–Crippen LogP) is 2.35. The van der Waals surface area contributed by atoms with Crippen LogP contribution in [0.15, 0.2) is 35.5 Å². The van der Waals surface area contributed by atoms with Gasteiger partial charge in [-0.2, -0.15) is 0 Å². The molecule has 3 heterocycles. The summed E-state index contributed by atoms with van der Waals surface area (Å²) in [4.78, 5) is 15.7. The van der Waals surface area contributed by atoms with Crippen LogP contribution in [0, 0.1) is 4.78 Å². The number of para-hydroxylation sites is 2. The molecular weight excluding hydrogens is 336 g/mol. The van der Waals surface area contributed by atoms with Gasteiger partial charge >= 0.3 is 0 Å². The number of nitrogens with one attached hydrogen (secondary N) is 1. The van der Waals surface area contributed by atoms with Gasteiger partial charge < -0.3 is 9.47 Å². The number of nitrogens with zero attached hydrogens (tertiary/aromatic N) is 5. The standard InChI is InChI=1S/C17H20N6OS/c1-22(10-15-21-12-6-3-4-8-14(12)23(15)2)17-16-13(19-11-20-17)7-5-9-25(16,18)24/h3-4,6,8,11,18H,5,7,9-10H2,1-2H3. The highest BCUT2D eigenvalue weighted by molar-refractivity contribution is 7.92. The van der Waals surface area contributed by atoms with Crippen LogP contribution in [0.25, 0.3) is 11.0 Å². The summed E-state index contributed by atoms with van der Waals surface area (Å²) in [5.74, 6) is 1.85. The molecule has 0 fully saturated rings. The van der Waals surface area contributed by atoms with Gasteiger partial charge in [0.2, 0.25) is 0 Å². The van der Waals surface area contributed by atoms with Crippen LogP contribution in [0.1, 0.15) is 17.9 Å². The molecule has 1 N–H and O–H groups in total. The van der Waals surface area contributed by atoms with E-state index in [-0.39, 0.29) is 0 Å². The van der Waals surface area contributed by atoms with Gasteiger partial charge in [-0.05, 0) is 25.0 Å². The summed E-state index contributed by atoms with van der Waals surface area (Å²) in [6, 6.07) is 7.99. The van der Waals surface area contributed by atoms with E-state index in [2.05, 4.69) is 19.5 Å². The summed E-state index contributed by atoms with van der Waals surface area (Å²) in [6.07, 6.45) is 2.99. The molecule has 1 aromatic carbocycles. The lowest BCUT2D eigenvalue weighted by Crippen LogP contribution is -2.26. The Bertz CT molecular complexity index is 1060. The third kappa shape index (κ3) is 2.66. The Hall–Kier alpha value is -2.48. The van der Waals surface area contributed by atoms with E-state index in [1.54, 1.807) is 0 Å². The molecule has 130 valence electrons. The van der Waals surface area contributed by atoms with Crippen LogP contribution in [-0.2, 0) is 29.7 Å². The predicted molar refractivity (Wildman–Crippen MR) is 97.2 cm³/mol. The maximum absolute atomic E-state index is 12.8. The van der Waals surface area contributed by atoms with E-state index < -0.39 is 9.73 Å². The topological polar surface area (TPSA) is 87.8 Å². The molecule has 1 unspecified atom stereocenters. The highest BCUT2D eigenvalue weighted by Crippen LogP contribution is 2.31. The zero-order chi connectivity index (χ0) is 17.6. The highest BCUT2D eigenvalue weighted by atomic mass is 32.2. The maximum atomic E-state index is 12.8. The first-order chi connectivity index (χ1) is 12.0. The van der Waals surface area contributed by atoms with Gasteiger partial charge in [-0.25, -0.2) is 23.9 Å². The number of anilines is 1. The van der Waals surface area contributed by atoms with Gasteiger partial charge in [0.15, 0.2) is 0 Å². The van der Waals surface area contributed by atoms with E-state index in [1.807, 2.05) is 43.3 Å². The normalized spacial score (nSPS) is 19.8. The van der Waals surface area contributed by atoms with Crippen molar-refractivity contribution in [2.75, 3.05) is 17.7 Å². The van der Waals surface area contributed by atoms with Crippen molar-refractivity contribution in [3.63, 3.8) is 0 Å². The fraction of sp³-hybridized carbons (Fsp3) is 0.353. The average molecular weight is 356 g/mol. The Morgan fingerprint density at radius 2 is 2.12 bits per heavy atom. The molecule has 8 heteroatoms. The summed E-state index contributed by atoms with van der Waals surface area (Å²) < 4.78 is 23.1. The highest BCUT2D eigenvalue weighted by Gasteiger charge is 2.28. The van der Waals surface area contributed by atoms with Gasteiger partial charge in [0.1, 0.15) is 22.9 Å². The Morgan fingerprint density at radius 1 is 1.32 bits per heavy atom. The molecule has 0 bridgehead atoms. The molecule has 0 amide bonds. The van der Waals surface area contributed by atoms with Crippen molar-refractivity contribution in [1.82, 2.24) is 19.5 Å². The first-order valence-electron chi connectivity index (χ1n) is 8.19. The molecule has 0 saturated carbocycles. The van der Waals surface area contributed by atoms with Crippen LogP contribution < -0.4 is 4.90 Å². The fourth-order valence-electron chi connectivity index (χ4n) is 3.36. The van der Waals surface area contributed by atoms with Crippen LogP contribution in [0.5, 0.6) is 0 Å². The molecule has 4 rings (SSSR count). The van der Waals surface area contributed by atoms with E-state index in [1.165, 1.54) is 6.33 Å². The number of imidazole rings is 1. The second-order valence-electron chi connectivity index (χ2n) is 6.39. The summed E-state index contributed by atoms with van der Waals surface area (Å²) >= 11 is 0. The van der Waals surface area contributed by atoms with Crippen LogP contribution in [-0.4, -0.2) is 36.5 Å². The largest absolute Gasteiger partial charge is 0.351 e. The summed E-state index contributed by atoms with van der Waals surface area (Å²) in [5.41, 5.74) is 2.76. The van der Waals surface area contributed by atoms with Crippen molar-refractivity contribution < 1.29 is 4.21 Å². The van der Waals surface area contributed by atoms with Crippen molar-refractivity contribution in [1.29, 1.82) is 4.78 Å². The molecule has 0 aliphatic carbocycles. The number of hydrogen-bond donors (Lipinski definition) is 1. The lowest BCUT2D eigenvalue weighted by atomic mass is 10.2. The average Bonchev–Trinajstić information content (AvgIpc) is 2.90. The minimum atomic E-state index is -2.84. The second-order valence-corrected chi connectivity index (χ2v) is 8.55. The lowest BCUT2D eigenvalue weighted by molar-refractivity contribution is 0.657. The van der Waals surface area contributed by atoms with Crippen LogP contribution in [0.3, 0.4) is 0 Å². The number of hydrogen-bond acceptors (Lipinski definition) is 6. The number of aryl methyl sites for hydroxylation is 2. The summed E-state index contributed by atoms with van der Waals surface area (Å²) in [6.45, 7) is 0.518. The molecule has 25 heavy (non-hydrogen) atoms. The van der Waals surface area contributed by atoms with E-state index in [9.17, 15) is 4.21 Å². The quantitative estimate of drug-likeness (QED) is 0.778. The van der Waals surface area contributed by atoms with Crippen LogP contribution >= 0.6 is 0 Å². The first kappa shape index (κ1) is 16.0. The van der Waals surface area contributed by atoms with Gasteiger partial charge in [0.05, 0.1) is 33.0 Å². The molecule has 1 aliphatic rings. The van der Waals surface area contributed by atoms with E-state index in [4.69, 9.17) is 4.78 Å². The van der Waals surface area contributed by atoms with Gasteiger partial charge in [-0.15, -0.1) is 0 Å². The van der Waals surface area contributed by atoms with Gasteiger partial charge in [0, 0.05) is 19.8 Å². The Kier molecular flexibility index (Phi) is 3.72. The molecule has 0 saturated heterocycles. The van der Waals surface area contributed by atoms with E-state index >= 15 is 0 Å². The molecule has 1 aliphatic heterocycles. The molecule has 3 aromatic rings. The second kappa shape index (κ2) is 5.80. The molecule has 0 radical (unpaired) electrons. The van der Waals surface area contributed by atoms with Crippen molar-refractivity contribution in [2.24, 2.45) is 7.05 Å². The van der Waals surface area contributed by atoms with Crippen LogP contribution in [0.2, 0.25) is 0 Å². The van der Waals surface area contributed by atoms with Crippen molar-refractivity contribution in [3.05, 3.63) is 42.1 Å². The molecule has 2 aromatic heterocycles. The van der Waals surface area contributed by atoms with Crippen molar-refractivity contribution >= 4 is 26.6 Å². The van der Waals surface area contributed by atoms with Crippen molar-refractivity contribution in [3.8, 4) is 0 Å². The van der Waals surface area contributed by atoms with E-state index in [0.717, 1.165) is 35.4 Å². The Morgan fingerprint density at radius 3 is 2.92 bits per heavy atom. The minimum Gasteiger partial charge on any atom is -0.351 e. The Balaban J connectivity index is 1.75. The number of fused-ring (bicyclic) bond motifs is 2. The summed E-state index contributed by atoms with van der Waals surface area (Å²) in [5, 5.41) is 0. The molecule has 7 nitrogen and oxygen atoms in total. The zero-order valence-electron chi connectivity index (χ0n) is 14.3.